The third kappa shape index (κ3) is 7.12. The van der Waals surface area contributed by atoms with Gasteiger partial charge in [0.05, 0.1) is 34.2 Å². The molecule has 59 heavy (non-hydrogen) atoms. The fourth-order valence-corrected chi connectivity index (χ4v) is 6.80. The number of pyridine rings is 4. The number of H-pyrrole nitrogens is 2. The minimum atomic E-state index is -0.442. The molecule has 8 heterocycles. The van der Waals surface area contributed by atoms with Crippen LogP contribution in [0, 0.1) is 19.7 Å². The van der Waals surface area contributed by atoms with Gasteiger partial charge in [0.2, 0.25) is 0 Å². The Hall–Kier alpha value is -8.07. The summed E-state index contributed by atoms with van der Waals surface area (Å²) >= 11 is 0. The summed E-state index contributed by atoms with van der Waals surface area (Å²) < 4.78 is 29.7. The van der Waals surface area contributed by atoms with Crippen LogP contribution in [0.2, 0.25) is 0 Å². The Kier molecular flexibility index (Phi) is 8.86. The van der Waals surface area contributed by atoms with Crippen molar-refractivity contribution in [2.75, 3.05) is 0 Å². The third-order valence-electron chi connectivity index (χ3n) is 9.64. The molecule has 0 bridgehead atoms. The van der Waals surface area contributed by atoms with Gasteiger partial charge in [0.25, 0.3) is 0 Å². The smallest absolute Gasteiger partial charge is 0.182 e. The van der Waals surface area contributed by atoms with E-state index in [0.717, 1.165) is 50.8 Å². The Morgan fingerprint density at radius 3 is 1.85 bits per heavy atom. The van der Waals surface area contributed by atoms with Gasteiger partial charge in [0, 0.05) is 40.5 Å². The van der Waals surface area contributed by atoms with Crippen LogP contribution in [0.3, 0.4) is 0 Å². The molecule has 15 heteroatoms. The quantitative estimate of drug-likeness (QED) is 0.131. The molecule has 0 saturated carbocycles. The number of benzene rings is 2. The number of imidazole rings is 2. The molecule has 2 N–H and O–H groups in total. The van der Waals surface area contributed by atoms with Crippen molar-refractivity contribution in [3.8, 4) is 68.2 Å². The van der Waals surface area contributed by atoms with Crippen molar-refractivity contribution < 1.29 is 13.9 Å². The molecular weight excluding hydrogens is 748 g/mol. The molecule has 0 unspecified atom stereocenters. The van der Waals surface area contributed by atoms with Crippen molar-refractivity contribution in [2.24, 2.45) is 0 Å². The number of nitrogens with one attached hydrogen (secondary N) is 2. The average Bonchev–Trinajstić information content (AvgIpc) is 4.08. The fourth-order valence-electron chi connectivity index (χ4n) is 6.80. The second-order valence-electron chi connectivity index (χ2n) is 13.8. The molecule has 10 rings (SSSR count). The SMILES string of the molecule is Cc1cccc(-c2[nH]c(COc3ccc(-c4nc5ccc(-c6nc(COc7ccccc7F)[nH]c6-c6cccc(C)n6)cn5n4)cc3)nc2-c2ccc3ncnn3c2)n1. The number of ether oxygens (including phenoxy) is 2. The van der Waals surface area contributed by atoms with E-state index in [1.807, 2.05) is 111 Å². The first kappa shape index (κ1) is 35.4. The van der Waals surface area contributed by atoms with Gasteiger partial charge in [-0.3, -0.25) is 9.97 Å². The monoisotopic (exact) mass is 780 g/mol. The highest BCUT2D eigenvalue weighted by molar-refractivity contribution is 5.78. The molecule has 8 aromatic heterocycles. The lowest BCUT2D eigenvalue weighted by Crippen LogP contribution is -1.99. The summed E-state index contributed by atoms with van der Waals surface area (Å²) in [5, 5.41) is 9.10. The second kappa shape index (κ2) is 14.8. The normalized spacial score (nSPS) is 11.4. The first-order chi connectivity index (χ1) is 28.9. The van der Waals surface area contributed by atoms with E-state index in [-0.39, 0.29) is 19.0 Å². The van der Waals surface area contributed by atoms with E-state index in [1.165, 1.54) is 12.4 Å². The molecule has 0 fully saturated rings. The molecule has 0 saturated heterocycles. The highest BCUT2D eigenvalue weighted by Gasteiger charge is 2.19. The van der Waals surface area contributed by atoms with Gasteiger partial charge >= 0.3 is 0 Å². The van der Waals surface area contributed by atoms with Crippen molar-refractivity contribution in [1.29, 1.82) is 0 Å². The summed E-state index contributed by atoms with van der Waals surface area (Å²) in [6.07, 6.45) is 5.30. The zero-order valence-corrected chi connectivity index (χ0v) is 31.7. The topological polar surface area (TPSA) is 162 Å². The molecular formula is C44H33FN12O2. The van der Waals surface area contributed by atoms with E-state index >= 15 is 0 Å². The van der Waals surface area contributed by atoms with E-state index in [0.29, 0.717) is 46.0 Å². The number of rotatable bonds is 11. The highest BCUT2D eigenvalue weighted by atomic mass is 19.1. The number of halogens is 1. The lowest BCUT2D eigenvalue weighted by molar-refractivity contribution is 0.282. The van der Waals surface area contributed by atoms with E-state index in [9.17, 15) is 4.39 Å². The Balaban J connectivity index is 0.889. The van der Waals surface area contributed by atoms with Gasteiger partial charge in [-0.15, -0.1) is 5.10 Å². The van der Waals surface area contributed by atoms with Crippen LogP contribution in [-0.4, -0.2) is 59.1 Å². The molecule has 0 radical (unpaired) electrons. The zero-order valence-electron chi connectivity index (χ0n) is 31.7. The summed E-state index contributed by atoms with van der Waals surface area (Å²) in [6, 6.07) is 33.3. The van der Waals surface area contributed by atoms with Crippen LogP contribution >= 0.6 is 0 Å². The molecule has 14 nitrogen and oxygen atoms in total. The average molecular weight is 781 g/mol. The number of aromatic nitrogens is 12. The second-order valence-corrected chi connectivity index (χ2v) is 13.8. The maximum atomic E-state index is 14.3. The molecule has 0 spiro atoms. The van der Waals surface area contributed by atoms with Crippen LogP contribution in [0.4, 0.5) is 4.39 Å². The van der Waals surface area contributed by atoms with E-state index in [2.05, 4.69) is 20.1 Å². The lowest BCUT2D eigenvalue weighted by Gasteiger charge is -2.05. The molecule has 10 aromatic rings. The van der Waals surface area contributed by atoms with Crippen molar-refractivity contribution in [3.63, 3.8) is 0 Å². The van der Waals surface area contributed by atoms with Crippen molar-refractivity contribution in [3.05, 3.63) is 157 Å². The maximum Gasteiger partial charge on any atom is 0.182 e. The summed E-state index contributed by atoms with van der Waals surface area (Å²) in [4.78, 5) is 35.1. The predicted octanol–water partition coefficient (Wildman–Crippen LogP) is 8.26. The van der Waals surface area contributed by atoms with Crippen LogP contribution in [0.25, 0.3) is 68.0 Å². The van der Waals surface area contributed by atoms with Gasteiger partial charge in [0.15, 0.2) is 28.7 Å². The van der Waals surface area contributed by atoms with Gasteiger partial charge in [-0.05, 0) is 98.8 Å². The minimum Gasteiger partial charge on any atom is -0.486 e. The number of nitrogens with zero attached hydrogens (tertiary/aromatic N) is 10. The highest BCUT2D eigenvalue weighted by Crippen LogP contribution is 2.32. The fraction of sp³-hybridized carbons (Fsp3) is 0.0909. The van der Waals surface area contributed by atoms with Crippen LogP contribution < -0.4 is 9.47 Å². The van der Waals surface area contributed by atoms with Crippen LogP contribution in [0.5, 0.6) is 11.5 Å². The summed E-state index contributed by atoms with van der Waals surface area (Å²) in [5.41, 5.74) is 10.00. The van der Waals surface area contributed by atoms with Crippen molar-refractivity contribution in [1.82, 2.24) is 59.1 Å². The van der Waals surface area contributed by atoms with Crippen LogP contribution in [-0.2, 0) is 13.2 Å². The summed E-state index contributed by atoms with van der Waals surface area (Å²) in [5.74, 6) is 2.06. The number of hydrogen-bond acceptors (Lipinski definition) is 10. The number of hydrogen-bond donors (Lipinski definition) is 2. The van der Waals surface area contributed by atoms with Crippen LogP contribution in [0.1, 0.15) is 23.0 Å². The zero-order chi connectivity index (χ0) is 39.9. The van der Waals surface area contributed by atoms with Gasteiger partial charge in [-0.25, -0.2) is 33.4 Å². The van der Waals surface area contributed by atoms with E-state index < -0.39 is 5.82 Å². The molecule has 0 atom stereocenters. The summed E-state index contributed by atoms with van der Waals surface area (Å²) in [7, 11) is 0. The first-order valence-electron chi connectivity index (χ1n) is 18.7. The largest absolute Gasteiger partial charge is 0.486 e. The minimum absolute atomic E-state index is 0.0328. The molecule has 288 valence electrons. The van der Waals surface area contributed by atoms with Gasteiger partial charge in [0.1, 0.15) is 36.9 Å². The number of aryl methyl sites for hydroxylation is 2. The number of aromatic amines is 2. The Morgan fingerprint density at radius 1 is 0.576 bits per heavy atom. The van der Waals surface area contributed by atoms with Crippen molar-refractivity contribution in [2.45, 2.75) is 27.1 Å². The van der Waals surface area contributed by atoms with E-state index in [4.69, 9.17) is 39.5 Å². The van der Waals surface area contributed by atoms with Crippen LogP contribution in [0.15, 0.2) is 128 Å². The van der Waals surface area contributed by atoms with Gasteiger partial charge < -0.3 is 19.4 Å². The Morgan fingerprint density at radius 2 is 1.19 bits per heavy atom. The molecule has 0 aliphatic rings. The van der Waals surface area contributed by atoms with E-state index in [1.54, 1.807) is 27.2 Å². The summed E-state index contributed by atoms with van der Waals surface area (Å²) in [6.45, 7) is 4.12. The lowest BCUT2D eigenvalue weighted by atomic mass is 10.1. The van der Waals surface area contributed by atoms with Crippen molar-refractivity contribution >= 4 is 11.3 Å². The molecule has 0 amide bonds. The molecule has 0 aliphatic heterocycles. The molecule has 2 aromatic carbocycles. The van der Waals surface area contributed by atoms with Gasteiger partial charge in [-0.2, -0.15) is 5.10 Å². The van der Waals surface area contributed by atoms with Gasteiger partial charge in [-0.1, -0.05) is 24.3 Å². The third-order valence-corrected chi connectivity index (χ3v) is 9.64. The number of fused-ring (bicyclic) bond motifs is 2. The predicted molar refractivity (Wildman–Crippen MR) is 218 cm³/mol. The first-order valence-corrected chi connectivity index (χ1v) is 18.7. The Labute approximate surface area is 335 Å². The maximum absolute atomic E-state index is 14.3. The number of para-hydroxylation sites is 1. The standard InChI is InChI=1S/C44H33FN12O2/c1-26-7-5-10-33(48-26)42-40(29-15-19-38-46-25-47-56(38)21-29)50-36(52-42)23-58-31-17-13-28(14-18-31)44-54-39-20-16-30(22-57(39)55-44)41-43(34-11-6-8-27(2)49-34)53-37(51-41)24-59-35-12-4-3-9-32(35)45/h3-22,25H,23-24H2,1-2H3,(H,50,52)(H,51,53). The Bertz CT molecular complexity index is 3130. The molecule has 0 aliphatic carbocycles.